The van der Waals surface area contributed by atoms with Gasteiger partial charge in [-0.1, -0.05) is 53.1 Å². The Kier molecular flexibility index (Phi) is 5.24. The van der Waals surface area contributed by atoms with E-state index in [2.05, 4.69) is 10.2 Å². The number of para-hydroxylation sites is 1. The first kappa shape index (κ1) is 16.4. The predicted octanol–water partition coefficient (Wildman–Crippen LogP) is 4.48. The number of hydrogen-bond donors (Lipinski definition) is 0. The minimum absolute atomic E-state index is 0.273. The van der Waals surface area contributed by atoms with Gasteiger partial charge < -0.3 is 9.15 Å². The number of rotatable bonds is 6. The van der Waals surface area contributed by atoms with Gasteiger partial charge in [0, 0.05) is 16.7 Å². The second-order valence-electron chi connectivity index (χ2n) is 4.45. The first-order chi connectivity index (χ1) is 11.2. The van der Waals surface area contributed by atoms with Crippen molar-refractivity contribution in [2.24, 2.45) is 0 Å². The van der Waals surface area contributed by atoms with Crippen LogP contribution in [-0.4, -0.2) is 29.0 Å². The molecule has 120 valence electrons. The SMILES string of the molecule is CCOC(=O)c1oc2ccccc2c1CSc1nnc(SC)s1. The molecule has 0 aliphatic carbocycles. The lowest BCUT2D eigenvalue weighted by molar-refractivity contribution is 0.0491. The minimum Gasteiger partial charge on any atom is -0.460 e. The number of nitrogens with zero attached hydrogens (tertiary/aromatic N) is 2. The second-order valence-corrected chi connectivity index (χ2v) is 7.71. The van der Waals surface area contributed by atoms with Gasteiger partial charge in [0.2, 0.25) is 5.76 Å². The largest absolute Gasteiger partial charge is 0.460 e. The van der Waals surface area contributed by atoms with Crippen LogP contribution in [0.15, 0.2) is 37.4 Å². The van der Waals surface area contributed by atoms with Crippen LogP contribution in [0.25, 0.3) is 11.0 Å². The van der Waals surface area contributed by atoms with E-state index in [1.165, 1.54) is 0 Å². The first-order valence-corrected chi connectivity index (χ1v) is 9.93. The number of aromatic nitrogens is 2. The Bertz CT molecular complexity index is 828. The fourth-order valence-electron chi connectivity index (χ4n) is 2.08. The molecule has 0 bridgehead atoms. The standard InChI is InChI=1S/C15H14N2O3S3/c1-3-19-13(18)12-10(9-6-4-5-7-11(9)20-12)8-22-15-17-16-14(21-2)23-15/h4-7H,3,8H2,1-2H3. The van der Waals surface area contributed by atoms with Gasteiger partial charge in [0.1, 0.15) is 5.58 Å². The van der Waals surface area contributed by atoms with Crippen LogP contribution in [0.1, 0.15) is 23.0 Å². The molecule has 1 aromatic carbocycles. The smallest absolute Gasteiger partial charge is 0.374 e. The summed E-state index contributed by atoms with van der Waals surface area (Å²) in [4.78, 5) is 12.1. The van der Waals surface area contributed by atoms with Crippen LogP contribution >= 0.6 is 34.9 Å². The van der Waals surface area contributed by atoms with Gasteiger partial charge >= 0.3 is 5.97 Å². The zero-order chi connectivity index (χ0) is 16.2. The number of thioether (sulfide) groups is 2. The third-order valence-corrected chi connectivity index (χ3v) is 6.12. The molecule has 3 aromatic rings. The number of hydrogen-bond acceptors (Lipinski definition) is 8. The lowest BCUT2D eigenvalue weighted by Crippen LogP contribution is -2.05. The summed E-state index contributed by atoms with van der Waals surface area (Å²) in [5.41, 5.74) is 1.53. The van der Waals surface area contributed by atoms with Gasteiger partial charge in [-0.3, -0.25) is 0 Å². The molecule has 0 amide bonds. The molecule has 0 fully saturated rings. The summed E-state index contributed by atoms with van der Waals surface area (Å²) in [7, 11) is 0. The number of carbonyl (C=O) groups excluding carboxylic acids is 1. The van der Waals surface area contributed by atoms with Crippen molar-refractivity contribution < 1.29 is 13.9 Å². The third-order valence-electron chi connectivity index (χ3n) is 3.06. The highest BCUT2D eigenvalue weighted by Gasteiger charge is 2.22. The summed E-state index contributed by atoms with van der Waals surface area (Å²) in [5, 5.41) is 9.15. The van der Waals surface area contributed by atoms with Crippen LogP contribution < -0.4 is 0 Å². The molecule has 2 heterocycles. The summed E-state index contributed by atoms with van der Waals surface area (Å²) >= 11 is 4.65. The molecule has 0 aliphatic heterocycles. The Morgan fingerprint density at radius 2 is 2.09 bits per heavy atom. The first-order valence-electron chi connectivity index (χ1n) is 6.90. The van der Waals surface area contributed by atoms with E-state index in [0.29, 0.717) is 17.9 Å². The van der Waals surface area contributed by atoms with Crippen LogP contribution in [-0.2, 0) is 10.5 Å². The Labute approximate surface area is 145 Å². The third kappa shape index (κ3) is 3.54. The van der Waals surface area contributed by atoms with Crippen LogP contribution in [0, 0.1) is 0 Å². The normalized spacial score (nSPS) is 11.0. The zero-order valence-electron chi connectivity index (χ0n) is 12.6. The van der Waals surface area contributed by atoms with Gasteiger partial charge in [-0.05, 0) is 19.2 Å². The Morgan fingerprint density at radius 3 is 2.83 bits per heavy atom. The topological polar surface area (TPSA) is 65.2 Å². The zero-order valence-corrected chi connectivity index (χ0v) is 15.0. The van der Waals surface area contributed by atoms with Crippen molar-refractivity contribution in [3.05, 3.63) is 35.6 Å². The summed E-state index contributed by atoms with van der Waals surface area (Å²) in [6, 6.07) is 7.61. The maximum atomic E-state index is 12.1. The van der Waals surface area contributed by atoms with Crippen molar-refractivity contribution in [2.45, 2.75) is 21.4 Å². The van der Waals surface area contributed by atoms with E-state index in [1.807, 2.05) is 30.5 Å². The van der Waals surface area contributed by atoms with Crippen molar-refractivity contribution in [1.29, 1.82) is 0 Å². The fraction of sp³-hybridized carbons (Fsp3) is 0.267. The molecule has 8 heteroatoms. The summed E-state index contributed by atoms with van der Waals surface area (Å²) in [6.45, 7) is 2.09. The maximum Gasteiger partial charge on any atom is 0.374 e. The molecule has 0 radical (unpaired) electrons. The quantitative estimate of drug-likeness (QED) is 0.471. The molecular weight excluding hydrogens is 352 g/mol. The molecule has 0 saturated heterocycles. The van der Waals surface area contributed by atoms with E-state index < -0.39 is 5.97 Å². The average Bonchev–Trinajstić information content (AvgIpc) is 3.17. The number of ether oxygens (including phenoxy) is 1. The Morgan fingerprint density at radius 1 is 1.30 bits per heavy atom. The molecule has 0 saturated carbocycles. The lowest BCUT2D eigenvalue weighted by Gasteiger charge is -2.01. The number of benzene rings is 1. The van der Waals surface area contributed by atoms with Gasteiger partial charge in [-0.15, -0.1) is 10.2 Å². The molecule has 23 heavy (non-hydrogen) atoms. The monoisotopic (exact) mass is 366 g/mol. The summed E-state index contributed by atoms with van der Waals surface area (Å²) in [5.74, 6) is 0.422. The molecule has 5 nitrogen and oxygen atoms in total. The number of carbonyl (C=O) groups is 1. The van der Waals surface area contributed by atoms with Crippen LogP contribution in [0.2, 0.25) is 0 Å². The molecule has 3 rings (SSSR count). The number of esters is 1. The lowest BCUT2D eigenvalue weighted by atomic mass is 10.1. The van der Waals surface area contributed by atoms with E-state index in [4.69, 9.17) is 9.15 Å². The summed E-state index contributed by atoms with van der Waals surface area (Å²) < 4.78 is 12.6. The van der Waals surface area contributed by atoms with Crippen molar-refractivity contribution in [3.63, 3.8) is 0 Å². The van der Waals surface area contributed by atoms with Gasteiger partial charge in [0.05, 0.1) is 6.61 Å². The minimum atomic E-state index is -0.429. The van der Waals surface area contributed by atoms with E-state index >= 15 is 0 Å². The van der Waals surface area contributed by atoms with Gasteiger partial charge in [0.15, 0.2) is 8.68 Å². The maximum absolute atomic E-state index is 12.1. The van der Waals surface area contributed by atoms with Gasteiger partial charge in [-0.2, -0.15) is 0 Å². The molecule has 0 atom stereocenters. The van der Waals surface area contributed by atoms with Gasteiger partial charge in [0.25, 0.3) is 0 Å². The highest BCUT2D eigenvalue weighted by molar-refractivity contribution is 8.02. The van der Waals surface area contributed by atoms with Crippen LogP contribution in [0.5, 0.6) is 0 Å². The highest BCUT2D eigenvalue weighted by Crippen LogP contribution is 2.34. The Balaban J connectivity index is 1.90. The van der Waals surface area contributed by atoms with E-state index in [9.17, 15) is 4.79 Å². The number of fused-ring (bicyclic) bond motifs is 1. The molecule has 0 N–H and O–H groups in total. The summed E-state index contributed by atoms with van der Waals surface area (Å²) in [6.07, 6.45) is 1.97. The van der Waals surface area contributed by atoms with Crippen molar-refractivity contribution in [3.8, 4) is 0 Å². The van der Waals surface area contributed by atoms with E-state index in [-0.39, 0.29) is 5.76 Å². The van der Waals surface area contributed by atoms with Gasteiger partial charge in [-0.25, -0.2) is 4.79 Å². The van der Waals surface area contributed by atoms with E-state index in [0.717, 1.165) is 19.6 Å². The Hall–Kier alpha value is -1.51. The van der Waals surface area contributed by atoms with Crippen molar-refractivity contribution in [2.75, 3.05) is 12.9 Å². The predicted molar refractivity (Wildman–Crippen MR) is 93.4 cm³/mol. The van der Waals surface area contributed by atoms with Crippen molar-refractivity contribution >= 4 is 51.8 Å². The van der Waals surface area contributed by atoms with Crippen LogP contribution in [0.3, 0.4) is 0 Å². The van der Waals surface area contributed by atoms with E-state index in [1.54, 1.807) is 41.8 Å². The van der Waals surface area contributed by atoms with Crippen LogP contribution in [0.4, 0.5) is 0 Å². The fourth-order valence-corrected chi connectivity index (χ4v) is 4.54. The molecule has 0 unspecified atom stereocenters. The molecular formula is C15H14N2O3S3. The molecule has 0 aliphatic rings. The highest BCUT2D eigenvalue weighted by atomic mass is 32.2. The van der Waals surface area contributed by atoms with Crippen molar-refractivity contribution in [1.82, 2.24) is 10.2 Å². The average molecular weight is 366 g/mol. The molecule has 0 spiro atoms. The second kappa shape index (κ2) is 7.37. The molecule has 2 aromatic heterocycles. The number of furan rings is 1.